The number of nitrogen functional groups attached to an aromatic ring is 1. The summed E-state index contributed by atoms with van der Waals surface area (Å²) in [7, 11) is 0. The number of benzene rings is 1. The van der Waals surface area contributed by atoms with Crippen molar-refractivity contribution in [3.63, 3.8) is 0 Å². The number of rotatable bonds is 1. The molecule has 1 aromatic carbocycles. The molecule has 0 aliphatic carbocycles. The van der Waals surface area contributed by atoms with E-state index in [1.54, 1.807) is 12.4 Å². The van der Waals surface area contributed by atoms with Gasteiger partial charge >= 0.3 is 0 Å². The summed E-state index contributed by atoms with van der Waals surface area (Å²) in [6, 6.07) is 8.01. The van der Waals surface area contributed by atoms with Gasteiger partial charge in [-0.05, 0) is 67.6 Å². The first-order chi connectivity index (χ1) is 9.88. The topological polar surface area (TPSA) is 56.7 Å². The standard InChI is InChI=1S/C16H17IN4/c1-16(2,3)21-14-6-7-19-9-13(14)20-15(21)11-8-10(17)4-5-12(11)18/h4-9H,18H2,1-3H3. The molecule has 5 heteroatoms. The number of nitrogens with zero attached hydrogens (tertiary/aromatic N) is 3. The van der Waals surface area contributed by atoms with Crippen LogP contribution in [0.3, 0.4) is 0 Å². The summed E-state index contributed by atoms with van der Waals surface area (Å²) in [4.78, 5) is 8.94. The number of anilines is 1. The second kappa shape index (κ2) is 4.98. The molecule has 2 aromatic heterocycles. The van der Waals surface area contributed by atoms with Gasteiger partial charge in [-0.2, -0.15) is 0 Å². The van der Waals surface area contributed by atoms with Crippen molar-refractivity contribution in [1.82, 2.24) is 14.5 Å². The third-order valence-corrected chi connectivity index (χ3v) is 4.05. The first kappa shape index (κ1) is 14.3. The van der Waals surface area contributed by atoms with E-state index in [1.807, 2.05) is 18.2 Å². The number of nitrogens with two attached hydrogens (primary N) is 1. The molecule has 0 aliphatic rings. The van der Waals surface area contributed by atoms with Crippen LogP contribution >= 0.6 is 22.6 Å². The van der Waals surface area contributed by atoms with Crippen LogP contribution in [-0.4, -0.2) is 14.5 Å². The number of pyridine rings is 1. The van der Waals surface area contributed by atoms with Crippen molar-refractivity contribution in [1.29, 1.82) is 0 Å². The van der Waals surface area contributed by atoms with Gasteiger partial charge in [0.25, 0.3) is 0 Å². The maximum Gasteiger partial charge on any atom is 0.143 e. The minimum Gasteiger partial charge on any atom is -0.398 e. The molecule has 0 radical (unpaired) electrons. The lowest BCUT2D eigenvalue weighted by molar-refractivity contribution is 0.413. The van der Waals surface area contributed by atoms with Crippen LogP contribution in [0.2, 0.25) is 0 Å². The van der Waals surface area contributed by atoms with Gasteiger partial charge in [0, 0.05) is 26.6 Å². The Hall–Kier alpha value is -1.63. The lowest BCUT2D eigenvalue weighted by Gasteiger charge is -2.25. The van der Waals surface area contributed by atoms with Crippen LogP contribution < -0.4 is 5.73 Å². The van der Waals surface area contributed by atoms with Crippen LogP contribution in [0.1, 0.15) is 20.8 Å². The van der Waals surface area contributed by atoms with Gasteiger partial charge in [0.2, 0.25) is 0 Å². The molecule has 21 heavy (non-hydrogen) atoms. The normalized spacial score (nSPS) is 12.0. The molecule has 0 amide bonds. The average molecular weight is 392 g/mol. The van der Waals surface area contributed by atoms with E-state index in [0.29, 0.717) is 0 Å². The van der Waals surface area contributed by atoms with Crippen molar-refractivity contribution in [2.24, 2.45) is 0 Å². The van der Waals surface area contributed by atoms with Gasteiger partial charge in [-0.3, -0.25) is 4.98 Å². The lowest BCUT2D eigenvalue weighted by atomic mass is 10.1. The van der Waals surface area contributed by atoms with Gasteiger partial charge in [-0.15, -0.1) is 0 Å². The number of hydrogen-bond acceptors (Lipinski definition) is 3. The van der Waals surface area contributed by atoms with Crippen molar-refractivity contribution in [3.05, 3.63) is 40.2 Å². The molecular weight excluding hydrogens is 375 g/mol. The number of hydrogen-bond donors (Lipinski definition) is 1. The van der Waals surface area contributed by atoms with Crippen LogP contribution in [0, 0.1) is 3.57 Å². The first-order valence-electron chi connectivity index (χ1n) is 6.76. The Balaban J connectivity index is 2.39. The van der Waals surface area contributed by atoms with Crippen molar-refractivity contribution >= 4 is 39.3 Å². The van der Waals surface area contributed by atoms with Crippen LogP contribution in [0.4, 0.5) is 5.69 Å². The summed E-state index contributed by atoms with van der Waals surface area (Å²) in [5.74, 6) is 0.890. The predicted molar refractivity (Wildman–Crippen MR) is 95.1 cm³/mol. The zero-order valence-electron chi connectivity index (χ0n) is 12.3. The Bertz CT molecular complexity index is 815. The number of halogens is 1. The van der Waals surface area contributed by atoms with E-state index in [-0.39, 0.29) is 5.54 Å². The van der Waals surface area contributed by atoms with Gasteiger partial charge in [-0.25, -0.2) is 4.98 Å². The van der Waals surface area contributed by atoms with Gasteiger partial charge in [0.1, 0.15) is 11.3 Å². The molecule has 3 aromatic rings. The monoisotopic (exact) mass is 392 g/mol. The highest BCUT2D eigenvalue weighted by Gasteiger charge is 2.23. The fourth-order valence-corrected chi connectivity index (χ4v) is 3.01. The van der Waals surface area contributed by atoms with Crippen LogP contribution in [-0.2, 0) is 5.54 Å². The maximum atomic E-state index is 6.18. The zero-order valence-corrected chi connectivity index (χ0v) is 14.4. The van der Waals surface area contributed by atoms with E-state index in [4.69, 9.17) is 10.7 Å². The SMILES string of the molecule is CC(C)(C)n1c(-c2cc(I)ccc2N)nc2cnccc21. The minimum atomic E-state index is -0.0981. The third kappa shape index (κ3) is 2.50. The summed E-state index contributed by atoms with van der Waals surface area (Å²) < 4.78 is 3.37. The number of imidazole rings is 1. The summed E-state index contributed by atoms with van der Waals surface area (Å²) in [6.07, 6.45) is 3.60. The second-order valence-electron chi connectivity index (χ2n) is 6.04. The molecule has 108 valence electrons. The average Bonchev–Trinajstić information content (AvgIpc) is 2.80. The molecule has 2 N–H and O–H groups in total. The van der Waals surface area contributed by atoms with E-state index in [1.165, 1.54) is 0 Å². The van der Waals surface area contributed by atoms with Crippen LogP contribution in [0.15, 0.2) is 36.7 Å². The van der Waals surface area contributed by atoms with Crippen molar-refractivity contribution in [2.45, 2.75) is 26.3 Å². The van der Waals surface area contributed by atoms with E-state index < -0.39 is 0 Å². The molecular formula is C16H17IN4. The largest absolute Gasteiger partial charge is 0.398 e. The van der Waals surface area contributed by atoms with E-state index >= 15 is 0 Å². The van der Waals surface area contributed by atoms with Gasteiger partial charge in [0.05, 0.1) is 11.7 Å². The molecule has 0 spiro atoms. The van der Waals surface area contributed by atoms with Gasteiger partial charge in [-0.1, -0.05) is 0 Å². The van der Waals surface area contributed by atoms with Crippen molar-refractivity contribution in [2.75, 3.05) is 5.73 Å². The van der Waals surface area contributed by atoms with E-state index in [2.05, 4.69) is 59.0 Å². The number of fused-ring (bicyclic) bond motifs is 1. The molecule has 0 aliphatic heterocycles. The van der Waals surface area contributed by atoms with E-state index in [0.717, 1.165) is 31.7 Å². The summed E-state index contributed by atoms with van der Waals surface area (Å²) >= 11 is 2.30. The predicted octanol–water partition coefficient (Wildman–Crippen LogP) is 4.04. The first-order valence-corrected chi connectivity index (χ1v) is 7.84. The Labute approximate surface area is 137 Å². The molecule has 0 unspecified atom stereocenters. The smallest absolute Gasteiger partial charge is 0.143 e. The fourth-order valence-electron chi connectivity index (χ4n) is 2.51. The lowest BCUT2D eigenvalue weighted by Crippen LogP contribution is -2.22. The van der Waals surface area contributed by atoms with Gasteiger partial charge < -0.3 is 10.3 Å². The highest BCUT2D eigenvalue weighted by Crippen LogP contribution is 2.34. The second-order valence-corrected chi connectivity index (χ2v) is 7.28. The Morgan fingerprint density at radius 2 is 1.95 bits per heavy atom. The quantitative estimate of drug-likeness (QED) is 0.502. The highest BCUT2D eigenvalue weighted by atomic mass is 127. The molecule has 0 saturated heterocycles. The van der Waals surface area contributed by atoms with E-state index in [9.17, 15) is 0 Å². The summed E-state index contributed by atoms with van der Waals surface area (Å²) in [6.45, 7) is 6.51. The van der Waals surface area contributed by atoms with Gasteiger partial charge in [0.15, 0.2) is 0 Å². The highest BCUT2D eigenvalue weighted by molar-refractivity contribution is 14.1. The zero-order chi connectivity index (χ0) is 15.2. The van der Waals surface area contributed by atoms with Crippen LogP contribution in [0.5, 0.6) is 0 Å². The third-order valence-electron chi connectivity index (χ3n) is 3.38. The Morgan fingerprint density at radius 1 is 1.19 bits per heavy atom. The van der Waals surface area contributed by atoms with Crippen molar-refractivity contribution in [3.8, 4) is 11.4 Å². The molecule has 2 heterocycles. The van der Waals surface area contributed by atoms with Crippen molar-refractivity contribution < 1.29 is 0 Å². The summed E-state index contributed by atoms with van der Waals surface area (Å²) in [5, 5.41) is 0. The Morgan fingerprint density at radius 3 is 2.67 bits per heavy atom. The maximum absolute atomic E-state index is 6.18. The summed E-state index contributed by atoms with van der Waals surface area (Å²) in [5.41, 5.74) is 9.76. The molecule has 0 fully saturated rings. The Kier molecular flexibility index (Phi) is 3.39. The molecule has 4 nitrogen and oxygen atoms in total. The van der Waals surface area contributed by atoms with Crippen LogP contribution in [0.25, 0.3) is 22.4 Å². The molecule has 3 rings (SSSR count). The fraction of sp³-hybridized carbons (Fsp3) is 0.250. The molecule has 0 bridgehead atoms. The minimum absolute atomic E-state index is 0.0981. The molecule has 0 atom stereocenters. The molecule has 0 saturated carbocycles. The number of aromatic nitrogens is 3.